The number of piperazine rings is 1. The molecular formula is C9H16N4S. The third-order valence-corrected chi connectivity index (χ3v) is 3.36. The Morgan fingerprint density at radius 2 is 2.36 bits per heavy atom. The maximum absolute atomic E-state index is 4.27. The van der Waals surface area contributed by atoms with Gasteiger partial charge in [0.05, 0.1) is 0 Å². The zero-order valence-electron chi connectivity index (χ0n) is 8.42. The molecule has 0 saturated carbocycles. The van der Waals surface area contributed by atoms with Crippen LogP contribution in [-0.2, 0) is 6.54 Å². The molecule has 14 heavy (non-hydrogen) atoms. The second-order valence-corrected chi connectivity index (χ2v) is 4.52. The van der Waals surface area contributed by atoms with Crippen LogP contribution in [0, 0.1) is 0 Å². The fourth-order valence-electron chi connectivity index (χ4n) is 1.59. The van der Waals surface area contributed by atoms with E-state index in [0.29, 0.717) is 0 Å². The van der Waals surface area contributed by atoms with Crippen molar-refractivity contribution in [3.05, 3.63) is 11.1 Å². The summed E-state index contributed by atoms with van der Waals surface area (Å²) in [6.45, 7) is 5.55. The molecule has 0 atom stereocenters. The Balaban J connectivity index is 1.89. The number of anilines is 1. The number of hydrogen-bond donors (Lipinski definition) is 2. The number of aromatic nitrogens is 1. The van der Waals surface area contributed by atoms with Gasteiger partial charge in [-0.2, -0.15) is 0 Å². The lowest BCUT2D eigenvalue weighted by atomic mass is 10.3. The molecule has 2 N–H and O–H groups in total. The van der Waals surface area contributed by atoms with Crippen molar-refractivity contribution in [3.63, 3.8) is 0 Å². The van der Waals surface area contributed by atoms with E-state index in [1.807, 2.05) is 13.2 Å². The lowest BCUT2D eigenvalue weighted by Gasteiger charge is -2.26. The molecule has 4 nitrogen and oxygen atoms in total. The van der Waals surface area contributed by atoms with Gasteiger partial charge in [-0.15, -0.1) is 11.3 Å². The molecule has 0 aromatic carbocycles. The first kappa shape index (κ1) is 9.89. The zero-order chi connectivity index (χ0) is 9.80. The van der Waals surface area contributed by atoms with Crippen LogP contribution in [0.25, 0.3) is 0 Å². The first-order chi connectivity index (χ1) is 6.88. The van der Waals surface area contributed by atoms with E-state index in [9.17, 15) is 0 Å². The molecule has 78 valence electrons. The van der Waals surface area contributed by atoms with Gasteiger partial charge in [0.15, 0.2) is 5.13 Å². The van der Waals surface area contributed by atoms with Gasteiger partial charge in [-0.3, -0.25) is 4.90 Å². The molecule has 0 spiro atoms. The van der Waals surface area contributed by atoms with Crippen molar-refractivity contribution in [1.29, 1.82) is 0 Å². The second-order valence-electron chi connectivity index (χ2n) is 3.41. The third-order valence-electron chi connectivity index (χ3n) is 2.36. The molecule has 1 aromatic heterocycles. The third kappa shape index (κ3) is 2.43. The van der Waals surface area contributed by atoms with Gasteiger partial charge in [-0.25, -0.2) is 4.98 Å². The number of nitrogens with zero attached hydrogens (tertiary/aromatic N) is 2. The Hall–Kier alpha value is -0.650. The highest BCUT2D eigenvalue weighted by molar-refractivity contribution is 7.15. The molecule has 0 unspecified atom stereocenters. The summed E-state index contributed by atoms with van der Waals surface area (Å²) >= 11 is 1.74. The second kappa shape index (κ2) is 4.72. The molecule has 5 heteroatoms. The first-order valence-corrected chi connectivity index (χ1v) is 5.75. The first-order valence-electron chi connectivity index (χ1n) is 4.94. The Morgan fingerprint density at radius 1 is 1.57 bits per heavy atom. The minimum atomic E-state index is 1.01. The average molecular weight is 212 g/mol. The summed E-state index contributed by atoms with van der Waals surface area (Å²) in [7, 11) is 1.91. The highest BCUT2D eigenvalue weighted by Gasteiger charge is 2.11. The fourth-order valence-corrected chi connectivity index (χ4v) is 2.39. The van der Waals surface area contributed by atoms with Gasteiger partial charge in [-0.1, -0.05) is 0 Å². The molecule has 0 radical (unpaired) electrons. The minimum absolute atomic E-state index is 1.01. The van der Waals surface area contributed by atoms with E-state index in [-0.39, 0.29) is 0 Å². The molecule has 1 aromatic rings. The maximum Gasteiger partial charge on any atom is 0.182 e. The maximum atomic E-state index is 4.27. The molecule has 2 rings (SSSR count). The summed E-state index contributed by atoms with van der Waals surface area (Å²) in [6.07, 6.45) is 1.97. The molecule has 1 aliphatic rings. The van der Waals surface area contributed by atoms with Gasteiger partial charge in [0.2, 0.25) is 0 Å². The summed E-state index contributed by atoms with van der Waals surface area (Å²) in [6, 6.07) is 0. The van der Waals surface area contributed by atoms with Crippen molar-refractivity contribution in [3.8, 4) is 0 Å². The quantitative estimate of drug-likeness (QED) is 0.769. The van der Waals surface area contributed by atoms with Crippen LogP contribution in [0.15, 0.2) is 6.20 Å². The SMILES string of the molecule is CNc1ncc(CN2CCNCC2)s1. The fraction of sp³-hybridized carbons (Fsp3) is 0.667. The molecule has 0 aliphatic carbocycles. The highest BCUT2D eigenvalue weighted by atomic mass is 32.1. The van der Waals surface area contributed by atoms with E-state index in [0.717, 1.165) is 37.9 Å². The largest absolute Gasteiger partial charge is 0.365 e. The Labute approximate surface area is 88.3 Å². The topological polar surface area (TPSA) is 40.2 Å². The molecule has 0 bridgehead atoms. The van der Waals surface area contributed by atoms with E-state index in [1.54, 1.807) is 11.3 Å². The number of nitrogens with one attached hydrogen (secondary N) is 2. The smallest absolute Gasteiger partial charge is 0.182 e. The normalized spacial score (nSPS) is 18.4. The van der Waals surface area contributed by atoms with E-state index in [4.69, 9.17) is 0 Å². The molecule has 2 heterocycles. The van der Waals surface area contributed by atoms with Gasteiger partial charge in [0.25, 0.3) is 0 Å². The Morgan fingerprint density at radius 3 is 3.00 bits per heavy atom. The summed E-state index contributed by atoms with van der Waals surface area (Å²) in [4.78, 5) is 8.07. The minimum Gasteiger partial charge on any atom is -0.365 e. The number of hydrogen-bond acceptors (Lipinski definition) is 5. The van der Waals surface area contributed by atoms with Gasteiger partial charge < -0.3 is 10.6 Å². The highest BCUT2D eigenvalue weighted by Crippen LogP contribution is 2.18. The van der Waals surface area contributed by atoms with E-state index >= 15 is 0 Å². The van der Waals surface area contributed by atoms with Crippen LogP contribution in [-0.4, -0.2) is 43.1 Å². The summed E-state index contributed by atoms with van der Waals surface area (Å²) in [5.74, 6) is 0. The van der Waals surface area contributed by atoms with Crippen molar-refractivity contribution in [2.24, 2.45) is 0 Å². The predicted octanol–water partition coefficient (Wildman–Crippen LogP) is 0.590. The molecule has 1 aliphatic heterocycles. The van der Waals surface area contributed by atoms with Crippen molar-refractivity contribution < 1.29 is 0 Å². The predicted molar refractivity (Wildman–Crippen MR) is 59.8 cm³/mol. The summed E-state index contributed by atoms with van der Waals surface area (Å²) in [5, 5.41) is 7.42. The molecule has 1 saturated heterocycles. The van der Waals surface area contributed by atoms with Crippen LogP contribution in [0.2, 0.25) is 0 Å². The van der Waals surface area contributed by atoms with Gasteiger partial charge in [0.1, 0.15) is 0 Å². The van der Waals surface area contributed by atoms with E-state index < -0.39 is 0 Å². The zero-order valence-corrected chi connectivity index (χ0v) is 9.23. The summed E-state index contributed by atoms with van der Waals surface area (Å²) < 4.78 is 0. The van der Waals surface area contributed by atoms with Crippen LogP contribution in [0.5, 0.6) is 0 Å². The van der Waals surface area contributed by atoms with Gasteiger partial charge in [0, 0.05) is 50.8 Å². The van der Waals surface area contributed by atoms with Gasteiger partial charge >= 0.3 is 0 Å². The number of rotatable bonds is 3. The van der Waals surface area contributed by atoms with Crippen LogP contribution in [0.3, 0.4) is 0 Å². The van der Waals surface area contributed by atoms with Crippen LogP contribution < -0.4 is 10.6 Å². The van der Waals surface area contributed by atoms with Crippen molar-refractivity contribution >= 4 is 16.5 Å². The van der Waals surface area contributed by atoms with Crippen molar-refractivity contribution in [2.75, 3.05) is 38.5 Å². The van der Waals surface area contributed by atoms with E-state index in [2.05, 4.69) is 20.5 Å². The Kier molecular flexibility index (Phi) is 3.34. The van der Waals surface area contributed by atoms with Crippen molar-refractivity contribution in [2.45, 2.75) is 6.54 Å². The van der Waals surface area contributed by atoms with Crippen molar-refractivity contribution in [1.82, 2.24) is 15.2 Å². The monoisotopic (exact) mass is 212 g/mol. The Bertz CT molecular complexity index is 280. The van der Waals surface area contributed by atoms with Gasteiger partial charge in [-0.05, 0) is 0 Å². The summed E-state index contributed by atoms with van der Waals surface area (Å²) in [5.41, 5.74) is 0. The standard InChI is InChI=1S/C9H16N4S/c1-10-9-12-6-8(14-9)7-13-4-2-11-3-5-13/h6,11H,2-5,7H2,1H3,(H,10,12). The van der Waals surface area contributed by atoms with Crippen LogP contribution in [0.4, 0.5) is 5.13 Å². The lowest BCUT2D eigenvalue weighted by molar-refractivity contribution is 0.235. The van der Waals surface area contributed by atoms with E-state index in [1.165, 1.54) is 4.88 Å². The van der Waals surface area contributed by atoms with Crippen LogP contribution in [0.1, 0.15) is 4.88 Å². The number of thiazole rings is 1. The molecule has 0 amide bonds. The van der Waals surface area contributed by atoms with Crippen LogP contribution >= 0.6 is 11.3 Å². The molecular weight excluding hydrogens is 196 g/mol. The average Bonchev–Trinajstić information content (AvgIpc) is 2.67. The molecule has 1 fully saturated rings. The lowest BCUT2D eigenvalue weighted by Crippen LogP contribution is -2.42.